The minimum Gasteiger partial charge on any atom is -0.307 e. The van der Waals surface area contributed by atoms with Crippen molar-refractivity contribution in [2.45, 2.75) is 39.0 Å². The van der Waals surface area contributed by atoms with E-state index in [4.69, 9.17) is 4.98 Å². The van der Waals surface area contributed by atoms with Crippen molar-refractivity contribution < 1.29 is 0 Å². The quantitative estimate of drug-likeness (QED) is 0.574. The standard InChI is InChI=1S/C19H21N5/c1-13(2)15-4-6-18-21-17(11-23(18)9-15)8-14(3)16-5-7-19-22-20-12-24(19)10-16/h4-7,9-14H,8H2,1-3H3. The summed E-state index contributed by atoms with van der Waals surface area (Å²) >= 11 is 0. The zero-order chi connectivity index (χ0) is 16.7. The molecule has 0 aromatic carbocycles. The smallest absolute Gasteiger partial charge is 0.160 e. The van der Waals surface area contributed by atoms with Crippen molar-refractivity contribution in [2.75, 3.05) is 0 Å². The largest absolute Gasteiger partial charge is 0.307 e. The van der Waals surface area contributed by atoms with Crippen LogP contribution in [-0.2, 0) is 6.42 Å². The van der Waals surface area contributed by atoms with Crippen molar-refractivity contribution in [3.05, 3.63) is 66.0 Å². The normalized spacial score (nSPS) is 13.2. The SMILES string of the molecule is CC(C)c1ccc2nc(CC(C)c3ccc4nncn4c3)cn2c1. The maximum atomic E-state index is 4.76. The fourth-order valence-corrected chi connectivity index (χ4v) is 3.07. The van der Waals surface area contributed by atoms with Gasteiger partial charge in [-0.3, -0.25) is 4.40 Å². The van der Waals surface area contributed by atoms with Crippen LogP contribution in [0, 0.1) is 0 Å². The monoisotopic (exact) mass is 319 g/mol. The predicted octanol–water partition coefficient (Wildman–Crippen LogP) is 3.85. The Balaban J connectivity index is 1.60. The Morgan fingerprint density at radius 2 is 1.62 bits per heavy atom. The Morgan fingerprint density at radius 3 is 2.46 bits per heavy atom. The van der Waals surface area contributed by atoms with Gasteiger partial charge < -0.3 is 4.40 Å². The van der Waals surface area contributed by atoms with Gasteiger partial charge in [0.1, 0.15) is 12.0 Å². The van der Waals surface area contributed by atoms with E-state index in [9.17, 15) is 0 Å². The molecule has 0 amide bonds. The zero-order valence-corrected chi connectivity index (χ0v) is 14.2. The van der Waals surface area contributed by atoms with Gasteiger partial charge in [0.25, 0.3) is 0 Å². The number of nitrogens with zero attached hydrogens (tertiary/aromatic N) is 5. The van der Waals surface area contributed by atoms with Crippen LogP contribution < -0.4 is 0 Å². The molecule has 0 aliphatic heterocycles. The molecular weight excluding hydrogens is 298 g/mol. The summed E-state index contributed by atoms with van der Waals surface area (Å²) in [5.41, 5.74) is 5.60. The van der Waals surface area contributed by atoms with Gasteiger partial charge in [-0.15, -0.1) is 10.2 Å². The van der Waals surface area contributed by atoms with Gasteiger partial charge in [-0.2, -0.15) is 0 Å². The maximum Gasteiger partial charge on any atom is 0.160 e. The molecule has 4 heterocycles. The third-order valence-electron chi connectivity index (χ3n) is 4.59. The van der Waals surface area contributed by atoms with Crippen LogP contribution in [0.15, 0.2) is 49.2 Å². The molecule has 1 atom stereocenters. The van der Waals surface area contributed by atoms with E-state index in [1.54, 1.807) is 6.33 Å². The average molecular weight is 319 g/mol. The Kier molecular flexibility index (Phi) is 3.56. The summed E-state index contributed by atoms with van der Waals surface area (Å²) in [4.78, 5) is 4.76. The topological polar surface area (TPSA) is 47.5 Å². The van der Waals surface area contributed by atoms with Gasteiger partial charge in [0.2, 0.25) is 0 Å². The van der Waals surface area contributed by atoms with E-state index in [1.807, 2.05) is 10.5 Å². The van der Waals surface area contributed by atoms with Gasteiger partial charge in [-0.1, -0.05) is 32.9 Å². The lowest BCUT2D eigenvalue weighted by molar-refractivity contribution is 0.739. The van der Waals surface area contributed by atoms with Crippen LogP contribution >= 0.6 is 0 Å². The number of hydrogen-bond acceptors (Lipinski definition) is 3. The van der Waals surface area contributed by atoms with Gasteiger partial charge in [0.05, 0.1) is 5.69 Å². The second-order valence-corrected chi connectivity index (χ2v) is 6.78. The number of imidazole rings is 1. The summed E-state index contributed by atoms with van der Waals surface area (Å²) in [5.74, 6) is 0.904. The molecule has 4 aromatic rings. The van der Waals surface area contributed by atoms with Crippen LogP contribution in [0.3, 0.4) is 0 Å². The number of aromatic nitrogens is 5. The van der Waals surface area contributed by atoms with Crippen molar-refractivity contribution in [1.82, 2.24) is 24.0 Å². The Bertz CT molecular complexity index is 995. The highest BCUT2D eigenvalue weighted by molar-refractivity contribution is 5.43. The van der Waals surface area contributed by atoms with Gasteiger partial charge >= 0.3 is 0 Å². The van der Waals surface area contributed by atoms with E-state index in [0.29, 0.717) is 11.8 Å². The summed E-state index contributed by atoms with van der Waals surface area (Å²) in [6.07, 6.45) is 9.09. The van der Waals surface area contributed by atoms with Crippen LogP contribution in [0.5, 0.6) is 0 Å². The van der Waals surface area contributed by atoms with E-state index in [-0.39, 0.29) is 0 Å². The first-order chi connectivity index (χ1) is 11.6. The molecule has 0 radical (unpaired) electrons. The molecular formula is C19H21N5. The van der Waals surface area contributed by atoms with Crippen LogP contribution in [0.25, 0.3) is 11.3 Å². The molecule has 4 aromatic heterocycles. The summed E-state index contributed by atoms with van der Waals surface area (Å²) in [6.45, 7) is 6.65. The number of fused-ring (bicyclic) bond motifs is 2. The molecule has 0 saturated heterocycles. The molecule has 0 aliphatic rings. The molecule has 0 aliphatic carbocycles. The van der Waals surface area contributed by atoms with Gasteiger partial charge in [0, 0.05) is 18.6 Å². The van der Waals surface area contributed by atoms with Crippen molar-refractivity contribution >= 4 is 11.3 Å². The van der Waals surface area contributed by atoms with E-state index in [0.717, 1.165) is 23.4 Å². The highest BCUT2D eigenvalue weighted by Gasteiger charge is 2.11. The molecule has 0 N–H and O–H groups in total. The fraction of sp³-hybridized carbons (Fsp3) is 0.316. The first-order valence-electron chi connectivity index (χ1n) is 8.37. The van der Waals surface area contributed by atoms with Crippen LogP contribution in [-0.4, -0.2) is 24.0 Å². The lowest BCUT2D eigenvalue weighted by Gasteiger charge is -2.10. The summed E-state index contributed by atoms with van der Waals surface area (Å²) in [7, 11) is 0. The minimum absolute atomic E-state index is 0.381. The molecule has 24 heavy (non-hydrogen) atoms. The van der Waals surface area contributed by atoms with Crippen molar-refractivity contribution in [2.24, 2.45) is 0 Å². The first-order valence-corrected chi connectivity index (χ1v) is 8.37. The molecule has 0 spiro atoms. The van der Waals surface area contributed by atoms with Gasteiger partial charge in [0.15, 0.2) is 5.65 Å². The van der Waals surface area contributed by atoms with E-state index in [2.05, 4.69) is 72.2 Å². The highest BCUT2D eigenvalue weighted by Crippen LogP contribution is 2.22. The van der Waals surface area contributed by atoms with Gasteiger partial charge in [-0.05, 0) is 41.5 Å². The summed E-state index contributed by atoms with van der Waals surface area (Å²) in [5, 5.41) is 7.99. The number of pyridine rings is 2. The molecule has 0 fully saturated rings. The second kappa shape index (κ2) is 5.74. The van der Waals surface area contributed by atoms with Gasteiger partial charge in [-0.25, -0.2) is 4.98 Å². The second-order valence-electron chi connectivity index (χ2n) is 6.78. The van der Waals surface area contributed by atoms with Crippen molar-refractivity contribution in [3.63, 3.8) is 0 Å². The number of rotatable bonds is 4. The Hall–Kier alpha value is -2.69. The molecule has 0 bridgehead atoms. The third-order valence-corrected chi connectivity index (χ3v) is 4.59. The predicted molar refractivity (Wildman–Crippen MR) is 94.4 cm³/mol. The maximum absolute atomic E-state index is 4.76. The summed E-state index contributed by atoms with van der Waals surface area (Å²) in [6, 6.07) is 8.41. The molecule has 4 rings (SSSR count). The highest BCUT2D eigenvalue weighted by atomic mass is 15.2. The van der Waals surface area contributed by atoms with E-state index < -0.39 is 0 Å². The minimum atomic E-state index is 0.381. The molecule has 0 saturated carbocycles. The van der Waals surface area contributed by atoms with Crippen molar-refractivity contribution in [3.8, 4) is 0 Å². The average Bonchev–Trinajstić information content (AvgIpc) is 3.18. The third kappa shape index (κ3) is 2.66. The summed E-state index contributed by atoms with van der Waals surface area (Å²) < 4.78 is 4.10. The lowest BCUT2D eigenvalue weighted by Crippen LogP contribution is -2.00. The fourth-order valence-electron chi connectivity index (χ4n) is 3.07. The molecule has 122 valence electrons. The molecule has 5 heteroatoms. The van der Waals surface area contributed by atoms with Crippen molar-refractivity contribution in [1.29, 1.82) is 0 Å². The first kappa shape index (κ1) is 14.9. The number of hydrogen-bond donors (Lipinski definition) is 0. The Labute approximate surface area is 141 Å². The lowest BCUT2D eigenvalue weighted by atomic mass is 9.98. The van der Waals surface area contributed by atoms with E-state index >= 15 is 0 Å². The Morgan fingerprint density at radius 1 is 0.875 bits per heavy atom. The van der Waals surface area contributed by atoms with E-state index in [1.165, 1.54) is 11.1 Å². The van der Waals surface area contributed by atoms with Crippen LogP contribution in [0.4, 0.5) is 0 Å². The molecule has 5 nitrogen and oxygen atoms in total. The van der Waals surface area contributed by atoms with Crippen LogP contribution in [0.2, 0.25) is 0 Å². The zero-order valence-electron chi connectivity index (χ0n) is 14.2. The van der Waals surface area contributed by atoms with Crippen LogP contribution in [0.1, 0.15) is 49.4 Å². The molecule has 1 unspecified atom stereocenters.